The maximum atomic E-state index is 11.6. The number of carbonyl (C=O) groups excluding carboxylic acids is 1. The molecule has 2 rings (SSSR count). The Morgan fingerprint density at radius 2 is 1.71 bits per heavy atom. The second kappa shape index (κ2) is 4.21. The van der Waals surface area contributed by atoms with Crippen LogP contribution in [0, 0.1) is 0 Å². The summed E-state index contributed by atoms with van der Waals surface area (Å²) in [5.41, 5.74) is -0.442. The van der Waals surface area contributed by atoms with Crippen LogP contribution in [-0.2, 0) is 0 Å². The standard InChI is InChI=1S/C12H10N2O3/c1-7(15)9-10(8-5-3-2-4-6-8)13-12(17)14-11(9)16/h2-6H,1H3,(H2,13,14,16,17). The maximum absolute atomic E-state index is 11.6. The van der Waals surface area contributed by atoms with Crippen LogP contribution in [0.5, 0.6) is 0 Å². The molecule has 17 heavy (non-hydrogen) atoms. The molecule has 0 aliphatic heterocycles. The Kier molecular flexibility index (Phi) is 2.74. The number of nitrogens with one attached hydrogen (secondary N) is 2. The van der Waals surface area contributed by atoms with Crippen LogP contribution < -0.4 is 11.2 Å². The number of rotatable bonds is 2. The molecule has 0 bridgehead atoms. The first-order chi connectivity index (χ1) is 8.09. The summed E-state index contributed by atoms with van der Waals surface area (Å²) in [4.78, 5) is 38.8. The molecule has 0 unspecified atom stereocenters. The van der Waals surface area contributed by atoms with Gasteiger partial charge in [-0.25, -0.2) is 4.79 Å². The van der Waals surface area contributed by atoms with Crippen molar-refractivity contribution in [3.63, 3.8) is 0 Å². The van der Waals surface area contributed by atoms with E-state index in [-0.39, 0.29) is 17.0 Å². The number of aromatic nitrogens is 2. The largest absolute Gasteiger partial charge is 0.326 e. The Hall–Kier alpha value is -2.43. The van der Waals surface area contributed by atoms with Gasteiger partial charge in [0.25, 0.3) is 5.56 Å². The van der Waals surface area contributed by atoms with E-state index in [1.807, 2.05) is 11.1 Å². The van der Waals surface area contributed by atoms with Crippen molar-refractivity contribution >= 4 is 5.78 Å². The Labute approximate surface area is 96.1 Å². The minimum absolute atomic E-state index is 0.0317. The number of aromatic amines is 2. The fraction of sp³-hybridized carbons (Fsp3) is 0.0833. The van der Waals surface area contributed by atoms with Gasteiger partial charge >= 0.3 is 5.69 Å². The smallest absolute Gasteiger partial charge is 0.306 e. The SMILES string of the molecule is CC(=O)c1c(-c2ccccc2)[nH]c(=O)[nH]c1=O. The summed E-state index contributed by atoms with van der Waals surface area (Å²) < 4.78 is 0. The lowest BCUT2D eigenvalue weighted by Crippen LogP contribution is -2.28. The second-order valence-corrected chi connectivity index (χ2v) is 3.58. The Morgan fingerprint density at radius 1 is 1.06 bits per heavy atom. The third kappa shape index (κ3) is 2.08. The zero-order valence-electron chi connectivity index (χ0n) is 9.11. The van der Waals surface area contributed by atoms with Crippen molar-refractivity contribution in [1.82, 2.24) is 9.97 Å². The summed E-state index contributed by atoms with van der Waals surface area (Å²) in [6.45, 7) is 1.29. The first-order valence-corrected chi connectivity index (χ1v) is 5.02. The number of benzene rings is 1. The molecule has 5 heteroatoms. The first-order valence-electron chi connectivity index (χ1n) is 5.02. The predicted molar refractivity (Wildman–Crippen MR) is 63.1 cm³/mol. The van der Waals surface area contributed by atoms with Gasteiger partial charge in [0.05, 0.1) is 5.69 Å². The van der Waals surface area contributed by atoms with Gasteiger partial charge in [-0.1, -0.05) is 30.3 Å². The molecule has 0 spiro atoms. The van der Waals surface area contributed by atoms with Crippen molar-refractivity contribution in [2.45, 2.75) is 6.92 Å². The molecular formula is C12H10N2O3. The Balaban J connectivity index is 2.82. The van der Waals surface area contributed by atoms with Crippen molar-refractivity contribution < 1.29 is 4.79 Å². The van der Waals surface area contributed by atoms with Crippen LogP contribution in [-0.4, -0.2) is 15.8 Å². The molecule has 2 N–H and O–H groups in total. The van der Waals surface area contributed by atoms with E-state index in [9.17, 15) is 14.4 Å². The highest BCUT2D eigenvalue weighted by Gasteiger charge is 2.14. The molecule has 1 heterocycles. The summed E-state index contributed by atoms with van der Waals surface area (Å²) in [7, 11) is 0. The van der Waals surface area contributed by atoms with E-state index in [1.54, 1.807) is 24.3 Å². The van der Waals surface area contributed by atoms with Crippen molar-refractivity contribution in [3.8, 4) is 11.3 Å². The highest BCUT2D eigenvalue weighted by Crippen LogP contribution is 2.17. The molecule has 0 radical (unpaired) electrons. The fourth-order valence-corrected chi connectivity index (χ4v) is 1.64. The summed E-state index contributed by atoms with van der Waals surface area (Å²) in [5, 5.41) is 0. The fourth-order valence-electron chi connectivity index (χ4n) is 1.64. The van der Waals surface area contributed by atoms with Gasteiger partial charge in [0.2, 0.25) is 0 Å². The molecule has 1 aromatic heterocycles. The number of hydrogen-bond donors (Lipinski definition) is 2. The third-order valence-corrected chi connectivity index (χ3v) is 2.36. The van der Waals surface area contributed by atoms with Gasteiger partial charge in [-0.2, -0.15) is 0 Å². The van der Waals surface area contributed by atoms with E-state index in [0.717, 1.165) is 0 Å². The van der Waals surface area contributed by atoms with Crippen LogP contribution in [0.2, 0.25) is 0 Å². The van der Waals surface area contributed by atoms with Crippen molar-refractivity contribution in [1.29, 1.82) is 0 Å². The quantitative estimate of drug-likeness (QED) is 0.753. The molecular weight excluding hydrogens is 220 g/mol. The molecule has 0 saturated carbocycles. The number of carbonyl (C=O) groups is 1. The normalized spacial score (nSPS) is 10.2. The van der Waals surface area contributed by atoms with Crippen LogP contribution in [0.3, 0.4) is 0 Å². The molecule has 0 saturated heterocycles. The zero-order chi connectivity index (χ0) is 12.4. The molecule has 0 amide bonds. The predicted octanol–water partition coefficient (Wildman–Crippen LogP) is 0.933. The molecule has 2 aromatic rings. The van der Waals surface area contributed by atoms with E-state index < -0.39 is 11.2 Å². The lowest BCUT2D eigenvalue weighted by molar-refractivity contribution is 0.101. The van der Waals surface area contributed by atoms with E-state index in [1.165, 1.54) is 6.92 Å². The van der Waals surface area contributed by atoms with Gasteiger partial charge in [0, 0.05) is 0 Å². The van der Waals surface area contributed by atoms with E-state index in [0.29, 0.717) is 5.56 Å². The van der Waals surface area contributed by atoms with Crippen LogP contribution in [0.25, 0.3) is 11.3 Å². The van der Waals surface area contributed by atoms with Gasteiger partial charge in [-0.15, -0.1) is 0 Å². The van der Waals surface area contributed by atoms with E-state index in [2.05, 4.69) is 4.98 Å². The maximum Gasteiger partial charge on any atom is 0.326 e. The van der Waals surface area contributed by atoms with Gasteiger partial charge < -0.3 is 4.98 Å². The molecule has 0 aliphatic rings. The van der Waals surface area contributed by atoms with Gasteiger partial charge in [0.15, 0.2) is 5.78 Å². The average Bonchev–Trinajstić information content (AvgIpc) is 2.28. The molecule has 1 aromatic carbocycles. The topological polar surface area (TPSA) is 82.8 Å². The third-order valence-electron chi connectivity index (χ3n) is 2.36. The van der Waals surface area contributed by atoms with Gasteiger partial charge in [-0.3, -0.25) is 14.6 Å². The molecule has 0 fully saturated rings. The summed E-state index contributed by atoms with van der Waals surface area (Å²) in [5.74, 6) is -0.388. The number of H-pyrrole nitrogens is 2. The average molecular weight is 230 g/mol. The van der Waals surface area contributed by atoms with E-state index >= 15 is 0 Å². The minimum Gasteiger partial charge on any atom is -0.306 e. The molecule has 86 valence electrons. The number of ketones is 1. The van der Waals surface area contributed by atoms with Crippen LogP contribution >= 0.6 is 0 Å². The van der Waals surface area contributed by atoms with Crippen LogP contribution in [0.15, 0.2) is 39.9 Å². The first kappa shape index (κ1) is 11.1. The lowest BCUT2D eigenvalue weighted by atomic mass is 10.0. The van der Waals surface area contributed by atoms with Gasteiger partial charge in [-0.05, 0) is 12.5 Å². The second-order valence-electron chi connectivity index (χ2n) is 3.58. The monoisotopic (exact) mass is 230 g/mol. The van der Waals surface area contributed by atoms with Crippen LogP contribution in [0.1, 0.15) is 17.3 Å². The van der Waals surface area contributed by atoms with Crippen molar-refractivity contribution in [3.05, 3.63) is 56.7 Å². The Morgan fingerprint density at radius 3 is 2.29 bits per heavy atom. The summed E-state index contributed by atoms with van der Waals surface area (Å²) in [6, 6.07) is 8.77. The Bertz CT molecular complexity index is 668. The van der Waals surface area contributed by atoms with E-state index in [4.69, 9.17) is 0 Å². The number of hydrogen-bond acceptors (Lipinski definition) is 3. The molecule has 0 atom stereocenters. The molecule has 0 aliphatic carbocycles. The van der Waals surface area contributed by atoms with Gasteiger partial charge in [0.1, 0.15) is 5.56 Å². The highest BCUT2D eigenvalue weighted by molar-refractivity contribution is 5.99. The zero-order valence-corrected chi connectivity index (χ0v) is 9.11. The number of Topliss-reactive ketones (excluding diaryl/α,β-unsaturated/α-hetero) is 1. The van der Waals surface area contributed by atoms with Crippen molar-refractivity contribution in [2.75, 3.05) is 0 Å². The molecule has 5 nitrogen and oxygen atoms in total. The minimum atomic E-state index is -0.667. The lowest BCUT2D eigenvalue weighted by Gasteiger charge is -2.05. The summed E-state index contributed by atoms with van der Waals surface area (Å²) in [6.07, 6.45) is 0. The van der Waals surface area contributed by atoms with Crippen molar-refractivity contribution in [2.24, 2.45) is 0 Å². The highest BCUT2D eigenvalue weighted by atomic mass is 16.2. The summed E-state index contributed by atoms with van der Waals surface area (Å²) >= 11 is 0. The van der Waals surface area contributed by atoms with Crippen LogP contribution in [0.4, 0.5) is 0 Å².